The molecular formula is C13H24N2O2. The van der Waals surface area contributed by atoms with E-state index in [0.29, 0.717) is 5.92 Å². The number of alkyl carbamates (subject to hydrolysis) is 1. The lowest BCUT2D eigenvalue weighted by Gasteiger charge is -2.47. The van der Waals surface area contributed by atoms with Crippen LogP contribution in [0.1, 0.15) is 46.5 Å². The molecule has 2 rings (SSSR count). The van der Waals surface area contributed by atoms with Crippen molar-refractivity contribution in [1.29, 1.82) is 0 Å². The zero-order valence-corrected chi connectivity index (χ0v) is 11.1. The molecule has 0 aromatic rings. The second kappa shape index (κ2) is 4.48. The molecule has 0 aromatic carbocycles. The predicted octanol–water partition coefficient (Wildman–Crippen LogP) is 2.04. The van der Waals surface area contributed by atoms with Crippen molar-refractivity contribution in [3.63, 3.8) is 0 Å². The Hall–Kier alpha value is -0.770. The Morgan fingerprint density at radius 2 is 2.12 bits per heavy atom. The highest BCUT2D eigenvalue weighted by Crippen LogP contribution is 2.41. The van der Waals surface area contributed by atoms with Crippen LogP contribution >= 0.6 is 0 Å². The lowest BCUT2D eigenvalue weighted by Crippen LogP contribution is -2.59. The van der Waals surface area contributed by atoms with Crippen LogP contribution in [0.2, 0.25) is 0 Å². The van der Waals surface area contributed by atoms with Crippen LogP contribution in [-0.2, 0) is 4.74 Å². The highest BCUT2D eigenvalue weighted by molar-refractivity contribution is 5.69. The van der Waals surface area contributed by atoms with E-state index in [9.17, 15) is 4.79 Å². The molecule has 0 aromatic heterocycles. The minimum Gasteiger partial charge on any atom is -0.444 e. The first kappa shape index (κ1) is 12.7. The zero-order chi connectivity index (χ0) is 12.5. The molecule has 17 heavy (non-hydrogen) atoms. The molecule has 1 aliphatic carbocycles. The third-order valence-corrected chi connectivity index (χ3v) is 3.84. The zero-order valence-electron chi connectivity index (χ0n) is 11.1. The van der Waals surface area contributed by atoms with Crippen molar-refractivity contribution in [2.75, 3.05) is 13.1 Å². The van der Waals surface area contributed by atoms with Crippen LogP contribution in [0.15, 0.2) is 0 Å². The molecule has 0 bridgehead atoms. The maximum atomic E-state index is 11.9. The Morgan fingerprint density at radius 3 is 2.53 bits per heavy atom. The average Bonchev–Trinajstić information content (AvgIpc) is 2.60. The van der Waals surface area contributed by atoms with Gasteiger partial charge in [0.2, 0.25) is 0 Å². The monoisotopic (exact) mass is 240 g/mol. The Kier molecular flexibility index (Phi) is 3.34. The molecule has 0 unspecified atom stereocenters. The molecule has 1 heterocycles. The number of hydrogen-bond donors (Lipinski definition) is 2. The normalized spacial score (nSPS) is 27.4. The third kappa shape index (κ3) is 2.92. The summed E-state index contributed by atoms with van der Waals surface area (Å²) in [6.07, 6.45) is 4.31. The van der Waals surface area contributed by atoms with E-state index in [1.54, 1.807) is 0 Å². The van der Waals surface area contributed by atoms with Crippen LogP contribution in [0.5, 0.6) is 0 Å². The number of hydrogen-bond acceptors (Lipinski definition) is 3. The van der Waals surface area contributed by atoms with E-state index in [2.05, 4.69) is 10.6 Å². The van der Waals surface area contributed by atoms with E-state index in [-0.39, 0.29) is 11.6 Å². The molecule has 1 amide bonds. The summed E-state index contributed by atoms with van der Waals surface area (Å²) in [4.78, 5) is 11.9. The van der Waals surface area contributed by atoms with Crippen molar-refractivity contribution < 1.29 is 9.53 Å². The van der Waals surface area contributed by atoms with Crippen LogP contribution in [0, 0.1) is 5.92 Å². The fourth-order valence-electron chi connectivity index (χ4n) is 2.83. The topological polar surface area (TPSA) is 50.4 Å². The highest BCUT2D eigenvalue weighted by Gasteiger charge is 2.46. The van der Waals surface area contributed by atoms with Gasteiger partial charge in [-0.05, 0) is 58.9 Å². The second-order valence-electron chi connectivity index (χ2n) is 6.33. The maximum absolute atomic E-state index is 11.9. The minimum atomic E-state index is -0.414. The summed E-state index contributed by atoms with van der Waals surface area (Å²) in [6.45, 7) is 7.80. The molecule has 1 saturated heterocycles. The second-order valence-corrected chi connectivity index (χ2v) is 6.33. The van der Waals surface area contributed by atoms with E-state index in [1.165, 1.54) is 6.42 Å². The van der Waals surface area contributed by atoms with Gasteiger partial charge in [0.15, 0.2) is 0 Å². The fourth-order valence-corrected chi connectivity index (χ4v) is 2.83. The summed E-state index contributed by atoms with van der Waals surface area (Å²) in [5.41, 5.74) is -0.408. The van der Waals surface area contributed by atoms with Crippen molar-refractivity contribution in [2.45, 2.75) is 57.6 Å². The molecule has 2 fully saturated rings. The molecule has 4 heteroatoms. The first-order valence-corrected chi connectivity index (χ1v) is 6.63. The van der Waals surface area contributed by atoms with Gasteiger partial charge in [-0.3, -0.25) is 0 Å². The summed E-state index contributed by atoms with van der Waals surface area (Å²) in [5.74, 6) is 0.573. The van der Waals surface area contributed by atoms with Gasteiger partial charge in [-0.15, -0.1) is 0 Å². The lowest BCUT2D eigenvalue weighted by atomic mass is 9.67. The maximum Gasteiger partial charge on any atom is 0.408 e. The van der Waals surface area contributed by atoms with Crippen LogP contribution in [-0.4, -0.2) is 30.3 Å². The highest BCUT2D eigenvalue weighted by atomic mass is 16.6. The Balaban J connectivity index is 1.93. The van der Waals surface area contributed by atoms with Crippen LogP contribution in [0.3, 0.4) is 0 Å². The standard InChI is InChI=1S/C13H24N2O2/c1-12(2,3)17-11(16)15-13(6-4-7-13)10-5-8-14-9-10/h10,14H,4-9H2,1-3H3,(H,15,16)/t10-/m1/s1. The number of ether oxygens (including phenoxy) is 1. The summed E-state index contributed by atoms with van der Waals surface area (Å²) >= 11 is 0. The first-order chi connectivity index (χ1) is 7.91. The fraction of sp³-hybridized carbons (Fsp3) is 0.923. The van der Waals surface area contributed by atoms with Gasteiger partial charge in [-0.1, -0.05) is 0 Å². The quantitative estimate of drug-likeness (QED) is 0.776. The van der Waals surface area contributed by atoms with Gasteiger partial charge in [-0.25, -0.2) is 4.79 Å². The molecule has 0 spiro atoms. The number of rotatable bonds is 2. The van der Waals surface area contributed by atoms with Crippen LogP contribution in [0.4, 0.5) is 4.79 Å². The van der Waals surface area contributed by atoms with Gasteiger partial charge in [0.1, 0.15) is 5.60 Å². The molecule has 0 radical (unpaired) electrons. The summed E-state index contributed by atoms with van der Waals surface area (Å²) in [7, 11) is 0. The molecule has 2 aliphatic rings. The molecule has 1 aliphatic heterocycles. The average molecular weight is 240 g/mol. The van der Waals surface area contributed by atoms with Crippen LogP contribution in [0.25, 0.3) is 0 Å². The summed E-state index contributed by atoms with van der Waals surface area (Å²) < 4.78 is 5.36. The lowest BCUT2D eigenvalue weighted by molar-refractivity contribution is 0.0288. The van der Waals surface area contributed by atoms with E-state index >= 15 is 0 Å². The minimum absolute atomic E-state index is 0.00579. The van der Waals surface area contributed by atoms with E-state index < -0.39 is 5.60 Å². The molecule has 98 valence electrons. The summed E-state index contributed by atoms with van der Waals surface area (Å²) in [5, 5.41) is 6.50. The molecule has 1 atom stereocenters. The van der Waals surface area contributed by atoms with Crippen molar-refractivity contribution in [1.82, 2.24) is 10.6 Å². The smallest absolute Gasteiger partial charge is 0.408 e. The molecule has 1 saturated carbocycles. The van der Waals surface area contributed by atoms with Crippen molar-refractivity contribution >= 4 is 6.09 Å². The predicted molar refractivity (Wildman–Crippen MR) is 66.9 cm³/mol. The number of carbonyl (C=O) groups excluding carboxylic acids is 1. The Bertz CT molecular complexity index is 286. The third-order valence-electron chi connectivity index (χ3n) is 3.84. The van der Waals surface area contributed by atoms with Gasteiger partial charge in [0, 0.05) is 12.1 Å². The number of nitrogens with one attached hydrogen (secondary N) is 2. The molecule has 4 nitrogen and oxygen atoms in total. The van der Waals surface area contributed by atoms with Gasteiger partial charge in [-0.2, -0.15) is 0 Å². The van der Waals surface area contributed by atoms with Crippen molar-refractivity contribution in [3.8, 4) is 0 Å². The van der Waals surface area contributed by atoms with Crippen molar-refractivity contribution in [3.05, 3.63) is 0 Å². The van der Waals surface area contributed by atoms with Crippen LogP contribution < -0.4 is 10.6 Å². The Labute approximate surface area is 103 Å². The molecular weight excluding hydrogens is 216 g/mol. The SMILES string of the molecule is CC(C)(C)OC(=O)NC1([C@@H]2CCNC2)CCC1. The van der Waals surface area contributed by atoms with Gasteiger partial charge in [0.25, 0.3) is 0 Å². The first-order valence-electron chi connectivity index (χ1n) is 6.63. The van der Waals surface area contributed by atoms with Crippen molar-refractivity contribution in [2.24, 2.45) is 5.92 Å². The van der Waals surface area contributed by atoms with Gasteiger partial charge in [0.05, 0.1) is 0 Å². The Morgan fingerprint density at radius 1 is 1.41 bits per heavy atom. The summed E-state index contributed by atoms with van der Waals surface area (Å²) in [6, 6.07) is 0. The van der Waals surface area contributed by atoms with E-state index in [0.717, 1.165) is 32.4 Å². The van der Waals surface area contributed by atoms with E-state index in [4.69, 9.17) is 4.74 Å². The number of carbonyl (C=O) groups is 1. The van der Waals surface area contributed by atoms with Gasteiger partial charge < -0.3 is 15.4 Å². The number of amides is 1. The van der Waals surface area contributed by atoms with Gasteiger partial charge >= 0.3 is 6.09 Å². The largest absolute Gasteiger partial charge is 0.444 e. The van der Waals surface area contributed by atoms with E-state index in [1.807, 2.05) is 20.8 Å². The molecule has 2 N–H and O–H groups in total.